The lowest BCUT2D eigenvalue weighted by Gasteiger charge is -2.04. The van der Waals surface area contributed by atoms with Gasteiger partial charge in [-0.15, -0.1) is 0 Å². The van der Waals surface area contributed by atoms with Gasteiger partial charge in [0.1, 0.15) is 0 Å². The maximum Gasteiger partial charge on any atom is 0.252 e. The van der Waals surface area contributed by atoms with E-state index in [1.165, 1.54) is 0 Å². The van der Waals surface area contributed by atoms with Gasteiger partial charge in [-0.05, 0) is 18.1 Å². The number of aryl methyl sites for hydroxylation is 1. The Bertz CT molecular complexity index is 326. The molecule has 0 aliphatic rings. The van der Waals surface area contributed by atoms with E-state index in [2.05, 4.69) is 10.3 Å². The van der Waals surface area contributed by atoms with Gasteiger partial charge in [0.2, 0.25) is 0 Å². The van der Waals surface area contributed by atoms with E-state index < -0.39 is 0 Å². The van der Waals surface area contributed by atoms with Crippen LogP contribution in [0.3, 0.4) is 0 Å². The molecule has 0 saturated heterocycles. The van der Waals surface area contributed by atoms with Crippen molar-refractivity contribution in [1.82, 2.24) is 10.3 Å². The molecule has 1 heterocycles. The minimum atomic E-state index is -0.102. The number of hydrogen-bond donors (Lipinski definition) is 1. The van der Waals surface area contributed by atoms with E-state index >= 15 is 0 Å². The van der Waals surface area contributed by atoms with Crippen LogP contribution in [0.15, 0.2) is 18.5 Å². The highest BCUT2D eigenvalue weighted by atomic mass is 16.5. The van der Waals surface area contributed by atoms with Crippen molar-refractivity contribution < 1.29 is 9.53 Å². The molecule has 0 atom stereocenters. The second-order valence-electron chi connectivity index (χ2n) is 3.18. The molecule has 1 aromatic heterocycles. The second kappa shape index (κ2) is 6.14. The molecular weight excluding hydrogens is 192 g/mol. The fraction of sp³-hybridized carbons (Fsp3) is 0.455. The van der Waals surface area contributed by atoms with Crippen LogP contribution >= 0.6 is 0 Å². The Kier molecular flexibility index (Phi) is 4.77. The molecule has 0 bridgehead atoms. The number of carbonyl (C=O) groups excluding carboxylic acids is 1. The summed E-state index contributed by atoms with van der Waals surface area (Å²) in [6.45, 7) is 3.07. The molecule has 0 aliphatic heterocycles. The summed E-state index contributed by atoms with van der Waals surface area (Å²) in [4.78, 5) is 15.6. The van der Waals surface area contributed by atoms with E-state index in [-0.39, 0.29) is 5.91 Å². The van der Waals surface area contributed by atoms with Crippen molar-refractivity contribution in [3.05, 3.63) is 29.6 Å². The molecule has 15 heavy (non-hydrogen) atoms. The molecule has 4 heteroatoms. The Morgan fingerprint density at radius 1 is 1.53 bits per heavy atom. The summed E-state index contributed by atoms with van der Waals surface area (Å²) in [6, 6.07) is 1.86. The number of hydrogen-bond acceptors (Lipinski definition) is 3. The zero-order valence-corrected chi connectivity index (χ0v) is 9.12. The van der Waals surface area contributed by atoms with Crippen LogP contribution < -0.4 is 5.32 Å². The van der Waals surface area contributed by atoms with Crippen molar-refractivity contribution in [2.75, 3.05) is 20.3 Å². The van der Waals surface area contributed by atoms with Crippen LogP contribution in [0, 0.1) is 0 Å². The van der Waals surface area contributed by atoms with Crippen LogP contribution in [0.25, 0.3) is 0 Å². The normalized spacial score (nSPS) is 10.0. The number of nitrogens with zero attached hydrogens (tertiary/aromatic N) is 1. The van der Waals surface area contributed by atoms with Crippen molar-refractivity contribution in [2.45, 2.75) is 13.3 Å². The summed E-state index contributed by atoms with van der Waals surface area (Å²) in [5, 5.41) is 2.75. The predicted molar refractivity (Wildman–Crippen MR) is 57.8 cm³/mol. The molecule has 0 radical (unpaired) electrons. The Morgan fingerprint density at radius 2 is 2.33 bits per heavy atom. The van der Waals surface area contributed by atoms with Crippen LogP contribution in [0.5, 0.6) is 0 Å². The lowest BCUT2D eigenvalue weighted by Crippen LogP contribution is -2.27. The highest BCUT2D eigenvalue weighted by Gasteiger charge is 2.05. The maximum absolute atomic E-state index is 11.6. The lowest BCUT2D eigenvalue weighted by atomic mass is 10.1. The number of aromatic nitrogens is 1. The Labute approximate surface area is 89.7 Å². The standard InChI is InChI=1S/C11H16N2O2/c1-3-9-6-10(8-12-7-9)11(14)13-4-5-15-2/h6-8H,3-5H2,1-2H3,(H,13,14). The molecule has 1 aromatic rings. The van der Waals surface area contributed by atoms with Crippen LogP contribution in [-0.4, -0.2) is 31.2 Å². The third-order valence-electron chi connectivity index (χ3n) is 2.06. The van der Waals surface area contributed by atoms with E-state index in [1.54, 1.807) is 19.5 Å². The minimum absolute atomic E-state index is 0.102. The fourth-order valence-corrected chi connectivity index (χ4v) is 1.17. The molecule has 1 N–H and O–H groups in total. The zero-order valence-electron chi connectivity index (χ0n) is 9.12. The first-order valence-electron chi connectivity index (χ1n) is 4.99. The molecule has 0 spiro atoms. The number of methoxy groups -OCH3 is 1. The topological polar surface area (TPSA) is 51.2 Å². The van der Waals surface area contributed by atoms with E-state index in [0.717, 1.165) is 12.0 Å². The molecule has 1 rings (SSSR count). The molecule has 0 aliphatic carbocycles. The first-order chi connectivity index (χ1) is 7.27. The molecule has 4 nitrogen and oxygen atoms in total. The number of pyridine rings is 1. The number of amides is 1. The first-order valence-corrected chi connectivity index (χ1v) is 4.99. The molecule has 82 valence electrons. The third-order valence-corrected chi connectivity index (χ3v) is 2.06. The highest BCUT2D eigenvalue weighted by Crippen LogP contribution is 2.02. The Hall–Kier alpha value is -1.42. The van der Waals surface area contributed by atoms with Crippen LogP contribution in [0.2, 0.25) is 0 Å². The molecule has 0 fully saturated rings. The van der Waals surface area contributed by atoms with Crippen molar-refractivity contribution >= 4 is 5.91 Å². The average Bonchev–Trinajstić information content (AvgIpc) is 2.29. The largest absolute Gasteiger partial charge is 0.383 e. The fourth-order valence-electron chi connectivity index (χ4n) is 1.17. The van der Waals surface area contributed by atoms with E-state index in [4.69, 9.17) is 4.74 Å². The quantitative estimate of drug-likeness (QED) is 0.735. The summed E-state index contributed by atoms with van der Waals surface area (Å²) >= 11 is 0. The van der Waals surface area contributed by atoms with Gasteiger partial charge in [-0.3, -0.25) is 9.78 Å². The SMILES string of the molecule is CCc1cncc(C(=O)NCCOC)c1. The molecule has 1 amide bonds. The lowest BCUT2D eigenvalue weighted by molar-refractivity contribution is 0.0936. The van der Waals surface area contributed by atoms with Gasteiger partial charge in [-0.2, -0.15) is 0 Å². The summed E-state index contributed by atoms with van der Waals surface area (Å²) in [5.41, 5.74) is 1.67. The molecular formula is C11H16N2O2. The van der Waals surface area contributed by atoms with E-state index in [0.29, 0.717) is 18.7 Å². The molecule has 0 aromatic carbocycles. The van der Waals surface area contributed by atoms with Crippen LogP contribution in [0.4, 0.5) is 0 Å². The second-order valence-corrected chi connectivity index (χ2v) is 3.18. The van der Waals surface area contributed by atoms with Gasteiger partial charge in [0.25, 0.3) is 5.91 Å². The minimum Gasteiger partial charge on any atom is -0.383 e. The van der Waals surface area contributed by atoms with Gasteiger partial charge >= 0.3 is 0 Å². The van der Waals surface area contributed by atoms with Gasteiger partial charge in [0.15, 0.2) is 0 Å². The number of rotatable bonds is 5. The van der Waals surface area contributed by atoms with Crippen molar-refractivity contribution in [3.63, 3.8) is 0 Å². The summed E-state index contributed by atoms with van der Waals surface area (Å²) in [6.07, 6.45) is 4.22. The van der Waals surface area contributed by atoms with E-state index in [1.807, 2.05) is 13.0 Å². The van der Waals surface area contributed by atoms with Crippen LogP contribution in [-0.2, 0) is 11.2 Å². The predicted octanol–water partition coefficient (Wildman–Crippen LogP) is 1.02. The van der Waals surface area contributed by atoms with Crippen molar-refractivity contribution in [2.24, 2.45) is 0 Å². The smallest absolute Gasteiger partial charge is 0.252 e. The van der Waals surface area contributed by atoms with Crippen molar-refractivity contribution in [1.29, 1.82) is 0 Å². The van der Waals surface area contributed by atoms with Crippen LogP contribution in [0.1, 0.15) is 22.8 Å². The number of ether oxygens (including phenoxy) is 1. The number of carbonyl (C=O) groups is 1. The van der Waals surface area contributed by atoms with Gasteiger partial charge in [0, 0.05) is 26.0 Å². The summed E-state index contributed by atoms with van der Waals surface area (Å²) < 4.78 is 4.84. The van der Waals surface area contributed by atoms with Crippen molar-refractivity contribution in [3.8, 4) is 0 Å². The van der Waals surface area contributed by atoms with E-state index in [9.17, 15) is 4.79 Å². The molecule has 0 saturated carbocycles. The first kappa shape index (κ1) is 11.7. The molecule has 0 unspecified atom stereocenters. The third kappa shape index (κ3) is 3.67. The Morgan fingerprint density at radius 3 is 3.00 bits per heavy atom. The monoisotopic (exact) mass is 208 g/mol. The zero-order chi connectivity index (χ0) is 11.1. The Balaban J connectivity index is 2.57. The summed E-state index contributed by atoms with van der Waals surface area (Å²) in [7, 11) is 1.60. The van der Waals surface area contributed by atoms with Gasteiger partial charge < -0.3 is 10.1 Å². The maximum atomic E-state index is 11.6. The number of nitrogens with one attached hydrogen (secondary N) is 1. The summed E-state index contributed by atoms with van der Waals surface area (Å²) in [5.74, 6) is -0.102. The highest BCUT2D eigenvalue weighted by molar-refractivity contribution is 5.93. The van der Waals surface area contributed by atoms with Gasteiger partial charge in [0.05, 0.1) is 12.2 Å². The average molecular weight is 208 g/mol. The van der Waals surface area contributed by atoms with Gasteiger partial charge in [-0.1, -0.05) is 6.92 Å². The van der Waals surface area contributed by atoms with Gasteiger partial charge in [-0.25, -0.2) is 0 Å².